The number of ether oxygens (including phenoxy) is 1. The van der Waals surface area contributed by atoms with Crippen molar-refractivity contribution in [1.29, 1.82) is 0 Å². The van der Waals surface area contributed by atoms with Gasteiger partial charge in [-0.15, -0.1) is 0 Å². The molecule has 0 radical (unpaired) electrons. The summed E-state index contributed by atoms with van der Waals surface area (Å²) in [5, 5.41) is 12.3. The molecule has 2 N–H and O–H groups in total. The fourth-order valence-corrected chi connectivity index (χ4v) is 1.55. The Balaban J connectivity index is 2.05. The van der Waals surface area contributed by atoms with E-state index >= 15 is 0 Å². The van der Waals surface area contributed by atoms with E-state index in [9.17, 15) is 0 Å². The molecule has 0 bridgehead atoms. The Labute approximate surface area is 83.7 Å². The number of rotatable bonds is 3. The lowest BCUT2D eigenvalue weighted by Gasteiger charge is -2.09. The molecule has 0 amide bonds. The van der Waals surface area contributed by atoms with Crippen molar-refractivity contribution in [3.05, 3.63) is 29.3 Å². The SMILES string of the molecule is C[C@H](O)CNc1ccc2c(c1)COC2. The summed E-state index contributed by atoms with van der Waals surface area (Å²) in [6.07, 6.45) is -0.320. The van der Waals surface area contributed by atoms with Gasteiger partial charge in [-0.05, 0) is 30.2 Å². The van der Waals surface area contributed by atoms with Crippen molar-refractivity contribution in [2.24, 2.45) is 0 Å². The summed E-state index contributed by atoms with van der Waals surface area (Å²) in [7, 11) is 0. The monoisotopic (exact) mass is 193 g/mol. The van der Waals surface area contributed by atoms with Crippen molar-refractivity contribution in [2.45, 2.75) is 26.2 Å². The van der Waals surface area contributed by atoms with Gasteiger partial charge < -0.3 is 15.2 Å². The van der Waals surface area contributed by atoms with Crippen LogP contribution in [0.4, 0.5) is 5.69 Å². The van der Waals surface area contributed by atoms with E-state index in [0.717, 1.165) is 12.3 Å². The first kappa shape index (κ1) is 9.49. The molecular weight excluding hydrogens is 178 g/mol. The number of hydrogen-bond acceptors (Lipinski definition) is 3. The van der Waals surface area contributed by atoms with Crippen LogP contribution in [0.5, 0.6) is 0 Å². The highest BCUT2D eigenvalue weighted by molar-refractivity contribution is 5.49. The molecule has 3 nitrogen and oxygen atoms in total. The highest BCUT2D eigenvalue weighted by atomic mass is 16.5. The van der Waals surface area contributed by atoms with Crippen molar-refractivity contribution >= 4 is 5.69 Å². The Morgan fingerprint density at radius 2 is 2.21 bits per heavy atom. The fourth-order valence-electron chi connectivity index (χ4n) is 1.55. The topological polar surface area (TPSA) is 41.5 Å². The van der Waals surface area contributed by atoms with Gasteiger partial charge in [0.1, 0.15) is 0 Å². The van der Waals surface area contributed by atoms with E-state index in [-0.39, 0.29) is 6.10 Å². The van der Waals surface area contributed by atoms with Gasteiger partial charge in [-0.25, -0.2) is 0 Å². The molecule has 1 aromatic rings. The first-order valence-electron chi connectivity index (χ1n) is 4.87. The molecule has 1 aliphatic heterocycles. The lowest BCUT2D eigenvalue weighted by molar-refractivity contribution is 0.134. The molecule has 0 spiro atoms. The van der Waals surface area contributed by atoms with Crippen molar-refractivity contribution in [2.75, 3.05) is 11.9 Å². The van der Waals surface area contributed by atoms with Crippen molar-refractivity contribution in [1.82, 2.24) is 0 Å². The van der Waals surface area contributed by atoms with Crippen LogP contribution in [-0.2, 0) is 18.0 Å². The summed E-state index contributed by atoms with van der Waals surface area (Å²) in [6.45, 7) is 3.79. The van der Waals surface area contributed by atoms with Gasteiger partial charge in [-0.1, -0.05) is 6.07 Å². The van der Waals surface area contributed by atoms with Gasteiger partial charge in [0.15, 0.2) is 0 Å². The summed E-state index contributed by atoms with van der Waals surface area (Å²) < 4.78 is 5.32. The maximum Gasteiger partial charge on any atom is 0.0725 e. The highest BCUT2D eigenvalue weighted by Crippen LogP contribution is 2.22. The second kappa shape index (κ2) is 3.98. The minimum atomic E-state index is -0.320. The average Bonchev–Trinajstić information content (AvgIpc) is 2.61. The predicted octanol–water partition coefficient (Wildman–Crippen LogP) is 1.51. The minimum Gasteiger partial charge on any atom is -0.392 e. The zero-order valence-electron chi connectivity index (χ0n) is 8.29. The molecule has 0 unspecified atom stereocenters. The third kappa shape index (κ3) is 2.05. The van der Waals surface area contributed by atoms with Crippen molar-refractivity contribution < 1.29 is 9.84 Å². The van der Waals surface area contributed by atoms with E-state index in [1.807, 2.05) is 6.07 Å². The second-order valence-corrected chi connectivity index (χ2v) is 3.71. The van der Waals surface area contributed by atoms with Gasteiger partial charge >= 0.3 is 0 Å². The normalized spacial score (nSPS) is 16.4. The summed E-state index contributed by atoms with van der Waals surface area (Å²) >= 11 is 0. The predicted molar refractivity (Wildman–Crippen MR) is 55.1 cm³/mol. The zero-order chi connectivity index (χ0) is 9.97. The molecule has 76 valence electrons. The maximum absolute atomic E-state index is 9.12. The number of nitrogens with one attached hydrogen (secondary N) is 1. The molecule has 0 saturated carbocycles. The summed E-state index contributed by atoms with van der Waals surface area (Å²) in [5.41, 5.74) is 3.57. The van der Waals surface area contributed by atoms with Crippen LogP contribution in [0.25, 0.3) is 0 Å². The second-order valence-electron chi connectivity index (χ2n) is 3.71. The van der Waals surface area contributed by atoms with Crippen LogP contribution in [0.1, 0.15) is 18.1 Å². The van der Waals surface area contributed by atoms with Crippen molar-refractivity contribution in [3.63, 3.8) is 0 Å². The van der Waals surface area contributed by atoms with Crippen LogP contribution in [0, 0.1) is 0 Å². The lowest BCUT2D eigenvalue weighted by atomic mass is 10.1. The van der Waals surface area contributed by atoms with Crippen LogP contribution in [-0.4, -0.2) is 17.8 Å². The number of aliphatic hydroxyl groups excluding tert-OH is 1. The third-order valence-electron chi connectivity index (χ3n) is 2.32. The van der Waals surface area contributed by atoms with Crippen LogP contribution in [0.3, 0.4) is 0 Å². The molecule has 1 heterocycles. The van der Waals surface area contributed by atoms with Gasteiger partial charge in [0.2, 0.25) is 0 Å². The molecule has 0 fully saturated rings. The first-order valence-corrected chi connectivity index (χ1v) is 4.87. The number of hydrogen-bond donors (Lipinski definition) is 2. The molecule has 1 aromatic carbocycles. The molecule has 1 atom stereocenters. The Morgan fingerprint density at radius 1 is 1.43 bits per heavy atom. The molecular formula is C11H15NO2. The molecule has 14 heavy (non-hydrogen) atoms. The van der Waals surface area contributed by atoms with Crippen LogP contribution in [0.2, 0.25) is 0 Å². The Bertz CT molecular complexity index is 323. The quantitative estimate of drug-likeness (QED) is 0.764. The zero-order valence-corrected chi connectivity index (χ0v) is 8.29. The molecule has 0 saturated heterocycles. The van der Waals surface area contributed by atoms with Gasteiger partial charge in [0.25, 0.3) is 0 Å². The molecule has 0 aromatic heterocycles. The van der Waals surface area contributed by atoms with Gasteiger partial charge in [0.05, 0.1) is 19.3 Å². The van der Waals surface area contributed by atoms with Crippen LogP contribution >= 0.6 is 0 Å². The van der Waals surface area contributed by atoms with E-state index in [1.165, 1.54) is 11.1 Å². The number of fused-ring (bicyclic) bond motifs is 1. The largest absolute Gasteiger partial charge is 0.392 e. The lowest BCUT2D eigenvalue weighted by Crippen LogP contribution is -2.15. The number of aliphatic hydroxyl groups is 1. The van der Waals surface area contributed by atoms with Gasteiger partial charge in [-0.3, -0.25) is 0 Å². The van der Waals surface area contributed by atoms with E-state index < -0.39 is 0 Å². The van der Waals surface area contributed by atoms with E-state index in [2.05, 4.69) is 17.4 Å². The Hall–Kier alpha value is -1.06. The first-order chi connectivity index (χ1) is 6.75. The van der Waals surface area contributed by atoms with Crippen LogP contribution < -0.4 is 5.32 Å². The maximum atomic E-state index is 9.12. The number of anilines is 1. The van der Waals surface area contributed by atoms with Gasteiger partial charge in [-0.2, -0.15) is 0 Å². The van der Waals surface area contributed by atoms with Crippen LogP contribution in [0.15, 0.2) is 18.2 Å². The standard InChI is InChI=1S/C11H15NO2/c1-8(13)5-12-11-3-2-9-6-14-7-10(9)4-11/h2-4,8,12-13H,5-7H2,1H3/t8-/m0/s1. The number of benzene rings is 1. The fraction of sp³-hybridized carbons (Fsp3) is 0.455. The summed E-state index contributed by atoms with van der Waals surface area (Å²) in [4.78, 5) is 0. The Kier molecular flexibility index (Phi) is 2.70. The van der Waals surface area contributed by atoms with Gasteiger partial charge in [0, 0.05) is 12.2 Å². The van der Waals surface area contributed by atoms with Crippen molar-refractivity contribution in [3.8, 4) is 0 Å². The average molecular weight is 193 g/mol. The van der Waals surface area contributed by atoms with E-state index in [1.54, 1.807) is 6.92 Å². The Morgan fingerprint density at radius 3 is 3.00 bits per heavy atom. The molecule has 3 heteroatoms. The smallest absolute Gasteiger partial charge is 0.0725 e. The molecule has 2 rings (SSSR count). The summed E-state index contributed by atoms with van der Waals surface area (Å²) in [5.74, 6) is 0. The van der Waals surface area contributed by atoms with E-state index in [0.29, 0.717) is 13.2 Å². The molecule has 0 aliphatic carbocycles. The highest BCUT2D eigenvalue weighted by Gasteiger charge is 2.10. The molecule has 1 aliphatic rings. The minimum absolute atomic E-state index is 0.320. The summed E-state index contributed by atoms with van der Waals surface area (Å²) in [6, 6.07) is 6.19. The third-order valence-corrected chi connectivity index (χ3v) is 2.32. The van der Waals surface area contributed by atoms with E-state index in [4.69, 9.17) is 9.84 Å².